The van der Waals surface area contributed by atoms with Crippen LogP contribution in [0, 0.1) is 0 Å². The minimum absolute atomic E-state index is 0.184. The first-order chi connectivity index (χ1) is 8.61. The van der Waals surface area contributed by atoms with Gasteiger partial charge in [0.2, 0.25) is 0 Å². The van der Waals surface area contributed by atoms with Gasteiger partial charge in [-0.05, 0) is 46.6 Å². The standard InChI is InChI=1S/C13H13BrN2O2/c1-2-3-10-11(14)13(18)16-12(15-10)8-4-6-9(17)7-5-8/h4-7,17H,2-3H2,1H3,(H,15,16,18). The van der Waals surface area contributed by atoms with Gasteiger partial charge in [-0.2, -0.15) is 0 Å². The van der Waals surface area contributed by atoms with E-state index in [1.54, 1.807) is 24.3 Å². The molecule has 2 aromatic rings. The SMILES string of the molecule is CCCc1nc(-c2ccc(O)cc2)[nH]c(=O)c1Br. The fraction of sp³-hybridized carbons (Fsp3) is 0.231. The Morgan fingerprint density at radius 3 is 2.61 bits per heavy atom. The number of benzene rings is 1. The zero-order valence-corrected chi connectivity index (χ0v) is 11.5. The number of hydrogen-bond donors (Lipinski definition) is 2. The van der Waals surface area contributed by atoms with Crippen molar-refractivity contribution >= 4 is 15.9 Å². The van der Waals surface area contributed by atoms with E-state index < -0.39 is 0 Å². The van der Waals surface area contributed by atoms with Crippen LogP contribution in [0.3, 0.4) is 0 Å². The molecule has 2 N–H and O–H groups in total. The Bertz CT molecular complexity index is 605. The van der Waals surface area contributed by atoms with E-state index in [0.717, 1.165) is 24.1 Å². The third-order valence-corrected chi connectivity index (χ3v) is 3.38. The molecule has 0 aliphatic carbocycles. The van der Waals surface area contributed by atoms with Gasteiger partial charge in [0.1, 0.15) is 16.0 Å². The van der Waals surface area contributed by atoms with Crippen LogP contribution < -0.4 is 5.56 Å². The van der Waals surface area contributed by atoms with Crippen molar-refractivity contribution in [3.63, 3.8) is 0 Å². The van der Waals surface area contributed by atoms with Crippen LogP contribution in [0.2, 0.25) is 0 Å². The van der Waals surface area contributed by atoms with E-state index in [2.05, 4.69) is 25.9 Å². The van der Waals surface area contributed by atoms with Gasteiger partial charge in [-0.1, -0.05) is 13.3 Å². The lowest BCUT2D eigenvalue weighted by atomic mass is 10.2. The molecule has 0 unspecified atom stereocenters. The molecule has 1 aromatic heterocycles. The average Bonchev–Trinajstić information content (AvgIpc) is 2.36. The molecule has 5 heteroatoms. The van der Waals surface area contributed by atoms with Gasteiger partial charge in [-0.25, -0.2) is 4.98 Å². The highest BCUT2D eigenvalue weighted by atomic mass is 79.9. The number of halogens is 1. The predicted octanol–water partition coefficient (Wildman–Crippen LogP) is 2.86. The number of hydrogen-bond acceptors (Lipinski definition) is 3. The number of aryl methyl sites for hydroxylation is 1. The highest BCUT2D eigenvalue weighted by molar-refractivity contribution is 9.10. The minimum atomic E-state index is -0.184. The second-order valence-electron chi connectivity index (χ2n) is 3.97. The van der Waals surface area contributed by atoms with Crippen molar-refractivity contribution in [3.05, 3.63) is 44.8 Å². The van der Waals surface area contributed by atoms with E-state index >= 15 is 0 Å². The van der Waals surface area contributed by atoms with Gasteiger partial charge >= 0.3 is 0 Å². The Morgan fingerprint density at radius 1 is 1.33 bits per heavy atom. The molecule has 2 rings (SSSR count). The molecule has 0 saturated carbocycles. The molecular formula is C13H13BrN2O2. The first-order valence-electron chi connectivity index (χ1n) is 5.70. The summed E-state index contributed by atoms with van der Waals surface area (Å²) in [6.45, 7) is 2.04. The predicted molar refractivity (Wildman–Crippen MR) is 73.7 cm³/mol. The van der Waals surface area contributed by atoms with Crippen LogP contribution >= 0.6 is 15.9 Å². The molecule has 18 heavy (non-hydrogen) atoms. The zero-order valence-electron chi connectivity index (χ0n) is 9.90. The monoisotopic (exact) mass is 308 g/mol. The van der Waals surface area contributed by atoms with Gasteiger partial charge in [0, 0.05) is 5.56 Å². The average molecular weight is 309 g/mol. The topological polar surface area (TPSA) is 66.0 Å². The smallest absolute Gasteiger partial charge is 0.265 e. The Morgan fingerprint density at radius 2 is 2.00 bits per heavy atom. The summed E-state index contributed by atoms with van der Waals surface area (Å²) in [5.41, 5.74) is 1.34. The van der Waals surface area contributed by atoms with Gasteiger partial charge in [-0.3, -0.25) is 4.79 Å². The third-order valence-electron chi connectivity index (χ3n) is 2.56. The van der Waals surface area contributed by atoms with Gasteiger partial charge in [-0.15, -0.1) is 0 Å². The molecule has 0 saturated heterocycles. The van der Waals surface area contributed by atoms with E-state index in [9.17, 15) is 9.90 Å². The number of aromatic amines is 1. The summed E-state index contributed by atoms with van der Waals surface area (Å²) >= 11 is 3.25. The van der Waals surface area contributed by atoms with E-state index in [-0.39, 0.29) is 11.3 Å². The molecular weight excluding hydrogens is 296 g/mol. The fourth-order valence-electron chi connectivity index (χ4n) is 1.66. The Kier molecular flexibility index (Phi) is 3.81. The highest BCUT2D eigenvalue weighted by Gasteiger charge is 2.09. The number of nitrogens with zero attached hydrogens (tertiary/aromatic N) is 1. The molecule has 0 aliphatic rings. The quantitative estimate of drug-likeness (QED) is 0.916. The van der Waals surface area contributed by atoms with E-state index in [0.29, 0.717) is 10.3 Å². The van der Waals surface area contributed by atoms with Crippen LogP contribution in [0.15, 0.2) is 33.5 Å². The molecule has 4 nitrogen and oxygen atoms in total. The van der Waals surface area contributed by atoms with Gasteiger partial charge in [0.25, 0.3) is 5.56 Å². The summed E-state index contributed by atoms with van der Waals surface area (Å²) in [5.74, 6) is 0.707. The normalized spacial score (nSPS) is 10.6. The number of rotatable bonds is 3. The van der Waals surface area contributed by atoms with Crippen LogP contribution in [0.4, 0.5) is 0 Å². The first-order valence-corrected chi connectivity index (χ1v) is 6.49. The van der Waals surface area contributed by atoms with E-state index in [1.165, 1.54) is 0 Å². The zero-order chi connectivity index (χ0) is 13.1. The van der Waals surface area contributed by atoms with Gasteiger partial charge in [0.15, 0.2) is 0 Å². The molecule has 1 heterocycles. The molecule has 1 aromatic carbocycles. The fourth-order valence-corrected chi connectivity index (χ4v) is 2.05. The van der Waals surface area contributed by atoms with Crippen LogP contribution in [-0.4, -0.2) is 15.1 Å². The summed E-state index contributed by atoms with van der Waals surface area (Å²) in [7, 11) is 0. The molecule has 0 aliphatic heterocycles. The van der Waals surface area contributed by atoms with Gasteiger partial charge in [0.05, 0.1) is 5.69 Å². The van der Waals surface area contributed by atoms with Crippen LogP contribution in [-0.2, 0) is 6.42 Å². The van der Waals surface area contributed by atoms with E-state index in [1.807, 2.05) is 6.92 Å². The molecule has 0 atom stereocenters. The molecule has 0 radical (unpaired) electrons. The lowest BCUT2D eigenvalue weighted by Gasteiger charge is -2.06. The van der Waals surface area contributed by atoms with Crippen molar-refractivity contribution in [2.45, 2.75) is 19.8 Å². The van der Waals surface area contributed by atoms with Crippen molar-refractivity contribution in [2.24, 2.45) is 0 Å². The molecule has 0 spiro atoms. The second kappa shape index (κ2) is 5.35. The molecule has 0 fully saturated rings. The lowest BCUT2D eigenvalue weighted by Crippen LogP contribution is -2.13. The van der Waals surface area contributed by atoms with Crippen molar-refractivity contribution in [1.82, 2.24) is 9.97 Å². The Balaban J connectivity index is 2.51. The first kappa shape index (κ1) is 12.8. The number of nitrogens with one attached hydrogen (secondary N) is 1. The summed E-state index contributed by atoms with van der Waals surface area (Å²) in [6.07, 6.45) is 1.67. The summed E-state index contributed by atoms with van der Waals surface area (Å²) < 4.78 is 0.492. The second-order valence-corrected chi connectivity index (χ2v) is 4.77. The van der Waals surface area contributed by atoms with Crippen LogP contribution in [0.5, 0.6) is 5.75 Å². The van der Waals surface area contributed by atoms with Crippen LogP contribution in [0.1, 0.15) is 19.0 Å². The number of aromatic hydroxyl groups is 1. The summed E-state index contributed by atoms with van der Waals surface area (Å²) in [6, 6.07) is 6.57. The number of H-pyrrole nitrogens is 1. The maximum Gasteiger partial charge on any atom is 0.265 e. The van der Waals surface area contributed by atoms with Crippen molar-refractivity contribution < 1.29 is 5.11 Å². The number of phenols is 1. The largest absolute Gasteiger partial charge is 0.508 e. The minimum Gasteiger partial charge on any atom is -0.508 e. The Hall–Kier alpha value is -1.62. The number of phenolic OH excluding ortho intramolecular Hbond substituents is 1. The van der Waals surface area contributed by atoms with Crippen molar-refractivity contribution in [2.75, 3.05) is 0 Å². The summed E-state index contributed by atoms with van der Waals surface area (Å²) in [4.78, 5) is 18.9. The maximum atomic E-state index is 11.8. The molecule has 0 bridgehead atoms. The van der Waals surface area contributed by atoms with E-state index in [4.69, 9.17) is 0 Å². The lowest BCUT2D eigenvalue weighted by molar-refractivity contribution is 0.475. The van der Waals surface area contributed by atoms with Crippen molar-refractivity contribution in [1.29, 1.82) is 0 Å². The van der Waals surface area contributed by atoms with Gasteiger partial charge < -0.3 is 10.1 Å². The molecule has 0 amide bonds. The summed E-state index contributed by atoms with van der Waals surface area (Å²) in [5, 5.41) is 9.24. The third kappa shape index (κ3) is 2.61. The maximum absolute atomic E-state index is 11.8. The Labute approximate surface area is 113 Å². The highest BCUT2D eigenvalue weighted by Crippen LogP contribution is 2.20. The van der Waals surface area contributed by atoms with Crippen LogP contribution in [0.25, 0.3) is 11.4 Å². The van der Waals surface area contributed by atoms with Crippen molar-refractivity contribution in [3.8, 4) is 17.1 Å². The number of aromatic nitrogens is 2. The molecule has 94 valence electrons.